The molecule has 1 amide bonds. The van der Waals surface area contributed by atoms with E-state index in [9.17, 15) is 4.79 Å². The number of hydrogen-bond acceptors (Lipinski definition) is 5. The molecule has 6 nitrogen and oxygen atoms in total. The highest BCUT2D eigenvalue weighted by molar-refractivity contribution is 5.67. The Bertz CT molecular complexity index is 482. The average Bonchev–Trinajstić information content (AvgIpc) is 2.47. The minimum atomic E-state index is -0.464. The summed E-state index contributed by atoms with van der Waals surface area (Å²) in [7, 11) is 0. The molecule has 130 valence electrons. The lowest BCUT2D eigenvalue weighted by molar-refractivity contribution is 0.0528. The minimum absolute atomic E-state index is 0.379. The molecule has 0 aliphatic heterocycles. The summed E-state index contributed by atoms with van der Waals surface area (Å²) in [5.74, 6) is 1.31. The van der Waals surface area contributed by atoms with Gasteiger partial charge in [0.25, 0.3) is 0 Å². The molecule has 0 fully saturated rings. The standard InChI is InChI=1S/C17H30N4O2/c1-6-13(7-2)14-11-15(21-12-20-14)18-9-8-10-19-16(22)23-17(3,4)5/h11-13H,6-10H2,1-5H3,(H,19,22)(H,18,20,21). The Morgan fingerprint density at radius 2 is 1.91 bits per heavy atom. The number of rotatable bonds is 8. The summed E-state index contributed by atoms with van der Waals surface area (Å²) in [4.78, 5) is 20.1. The molecule has 1 rings (SSSR count). The highest BCUT2D eigenvalue weighted by Crippen LogP contribution is 2.21. The molecule has 6 heteroatoms. The molecule has 2 N–H and O–H groups in total. The second-order valence-corrected chi connectivity index (χ2v) is 6.55. The molecule has 1 aromatic heterocycles. The summed E-state index contributed by atoms with van der Waals surface area (Å²) in [6.07, 6.45) is 4.17. The Kier molecular flexibility index (Phi) is 7.78. The van der Waals surface area contributed by atoms with E-state index in [1.165, 1.54) is 0 Å². The van der Waals surface area contributed by atoms with Gasteiger partial charge >= 0.3 is 6.09 Å². The molecular formula is C17H30N4O2. The van der Waals surface area contributed by atoms with Crippen molar-refractivity contribution in [2.24, 2.45) is 0 Å². The lowest BCUT2D eigenvalue weighted by Gasteiger charge is -2.19. The quantitative estimate of drug-likeness (QED) is 0.714. The van der Waals surface area contributed by atoms with Gasteiger partial charge in [0.1, 0.15) is 17.7 Å². The number of alkyl carbamates (subject to hydrolysis) is 1. The van der Waals surface area contributed by atoms with Crippen LogP contribution >= 0.6 is 0 Å². The molecule has 0 aliphatic rings. The predicted octanol–water partition coefficient (Wildman–Crippen LogP) is 3.71. The Morgan fingerprint density at radius 3 is 2.52 bits per heavy atom. The molecular weight excluding hydrogens is 292 g/mol. The highest BCUT2D eigenvalue weighted by atomic mass is 16.6. The predicted molar refractivity (Wildman–Crippen MR) is 92.7 cm³/mol. The van der Waals surface area contributed by atoms with Gasteiger partial charge in [-0.15, -0.1) is 0 Å². The van der Waals surface area contributed by atoms with E-state index in [4.69, 9.17) is 4.74 Å². The zero-order chi connectivity index (χ0) is 17.3. The van der Waals surface area contributed by atoms with Crippen LogP contribution < -0.4 is 10.6 Å². The molecule has 0 saturated carbocycles. The monoisotopic (exact) mass is 322 g/mol. The van der Waals surface area contributed by atoms with Crippen molar-refractivity contribution in [2.75, 3.05) is 18.4 Å². The number of nitrogens with zero attached hydrogens (tertiary/aromatic N) is 2. The van der Waals surface area contributed by atoms with E-state index in [0.717, 1.165) is 37.3 Å². The first-order valence-corrected chi connectivity index (χ1v) is 8.38. The van der Waals surface area contributed by atoms with Crippen LogP contribution in [-0.2, 0) is 4.74 Å². The summed E-state index contributed by atoms with van der Waals surface area (Å²) < 4.78 is 5.18. The number of amides is 1. The second-order valence-electron chi connectivity index (χ2n) is 6.55. The third-order valence-electron chi connectivity index (χ3n) is 3.42. The van der Waals surface area contributed by atoms with Gasteiger partial charge in [-0.25, -0.2) is 14.8 Å². The van der Waals surface area contributed by atoms with E-state index in [2.05, 4.69) is 34.4 Å². The molecule has 0 unspecified atom stereocenters. The maximum absolute atomic E-state index is 11.5. The van der Waals surface area contributed by atoms with Gasteiger partial charge in [-0.3, -0.25) is 0 Å². The van der Waals surface area contributed by atoms with Gasteiger partial charge in [0.2, 0.25) is 0 Å². The van der Waals surface area contributed by atoms with E-state index in [1.807, 2.05) is 26.8 Å². The molecule has 0 spiro atoms. The molecule has 0 radical (unpaired) electrons. The topological polar surface area (TPSA) is 76.1 Å². The molecule has 0 aromatic carbocycles. The maximum Gasteiger partial charge on any atom is 0.407 e. The zero-order valence-electron chi connectivity index (χ0n) is 15.0. The van der Waals surface area contributed by atoms with E-state index in [0.29, 0.717) is 12.5 Å². The third kappa shape index (κ3) is 7.81. The van der Waals surface area contributed by atoms with Gasteiger partial charge in [-0.1, -0.05) is 13.8 Å². The fraction of sp³-hybridized carbons (Fsp3) is 0.706. The fourth-order valence-corrected chi connectivity index (χ4v) is 2.21. The summed E-state index contributed by atoms with van der Waals surface area (Å²) in [6, 6.07) is 2.01. The van der Waals surface area contributed by atoms with Crippen molar-refractivity contribution in [2.45, 2.75) is 65.4 Å². The molecule has 0 atom stereocenters. The van der Waals surface area contributed by atoms with Crippen molar-refractivity contribution < 1.29 is 9.53 Å². The number of ether oxygens (including phenoxy) is 1. The summed E-state index contributed by atoms with van der Waals surface area (Å²) in [6.45, 7) is 11.2. The van der Waals surface area contributed by atoms with Gasteiger partial charge in [0, 0.05) is 30.8 Å². The van der Waals surface area contributed by atoms with Crippen molar-refractivity contribution >= 4 is 11.9 Å². The second kappa shape index (κ2) is 9.33. The number of anilines is 1. The molecule has 0 bridgehead atoms. The first kappa shape index (κ1) is 19.2. The number of aromatic nitrogens is 2. The van der Waals surface area contributed by atoms with Crippen molar-refractivity contribution in [3.63, 3.8) is 0 Å². The number of carbonyl (C=O) groups excluding carboxylic acids is 1. The zero-order valence-corrected chi connectivity index (χ0v) is 15.0. The van der Waals surface area contributed by atoms with Crippen molar-refractivity contribution in [1.29, 1.82) is 0 Å². The van der Waals surface area contributed by atoms with E-state index in [-0.39, 0.29) is 6.09 Å². The van der Waals surface area contributed by atoms with Crippen molar-refractivity contribution in [3.8, 4) is 0 Å². The van der Waals surface area contributed by atoms with Crippen LogP contribution in [0.4, 0.5) is 10.6 Å². The van der Waals surface area contributed by atoms with Crippen LogP contribution in [0.2, 0.25) is 0 Å². The maximum atomic E-state index is 11.5. The van der Waals surface area contributed by atoms with Gasteiger partial charge in [-0.2, -0.15) is 0 Å². The van der Waals surface area contributed by atoms with Crippen LogP contribution in [0.15, 0.2) is 12.4 Å². The van der Waals surface area contributed by atoms with E-state index in [1.54, 1.807) is 6.33 Å². The van der Waals surface area contributed by atoms with Crippen molar-refractivity contribution in [1.82, 2.24) is 15.3 Å². The summed E-state index contributed by atoms with van der Waals surface area (Å²) >= 11 is 0. The van der Waals surface area contributed by atoms with Crippen molar-refractivity contribution in [3.05, 3.63) is 18.1 Å². The van der Waals surface area contributed by atoms with E-state index >= 15 is 0 Å². The highest BCUT2D eigenvalue weighted by Gasteiger charge is 2.15. The first-order valence-electron chi connectivity index (χ1n) is 8.38. The SMILES string of the molecule is CCC(CC)c1cc(NCCCNC(=O)OC(C)(C)C)ncn1. The Balaban J connectivity index is 2.31. The number of hydrogen-bond donors (Lipinski definition) is 2. The normalized spacial score (nSPS) is 11.4. The lowest BCUT2D eigenvalue weighted by Crippen LogP contribution is -2.33. The Labute approximate surface area is 139 Å². The minimum Gasteiger partial charge on any atom is -0.444 e. The number of carbonyl (C=O) groups is 1. The Morgan fingerprint density at radius 1 is 1.22 bits per heavy atom. The first-order chi connectivity index (χ1) is 10.9. The lowest BCUT2D eigenvalue weighted by atomic mass is 9.99. The molecule has 0 aliphatic carbocycles. The summed E-state index contributed by atoms with van der Waals surface area (Å²) in [5.41, 5.74) is 0.619. The van der Waals surface area contributed by atoms with Gasteiger partial charge < -0.3 is 15.4 Å². The fourth-order valence-electron chi connectivity index (χ4n) is 2.21. The smallest absolute Gasteiger partial charge is 0.407 e. The van der Waals surface area contributed by atoms with Crippen LogP contribution in [-0.4, -0.2) is 34.8 Å². The summed E-state index contributed by atoms with van der Waals surface area (Å²) in [5, 5.41) is 6.01. The van der Waals surface area contributed by atoms with Gasteiger partial charge in [-0.05, 0) is 40.0 Å². The van der Waals surface area contributed by atoms with Gasteiger partial charge in [0.05, 0.1) is 0 Å². The van der Waals surface area contributed by atoms with Crippen LogP contribution in [0, 0.1) is 0 Å². The van der Waals surface area contributed by atoms with Crippen LogP contribution in [0.5, 0.6) is 0 Å². The van der Waals surface area contributed by atoms with Crippen LogP contribution in [0.3, 0.4) is 0 Å². The largest absolute Gasteiger partial charge is 0.444 e. The molecule has 1 heterocycles. The van der Waals surface area contributed by atoms with Crippen LogP contribution in [0.25, 0.3) is 0 Å². The molecule has 1 aromatic rings. The average molecular weight is 322 g/mol. The van der Waals surface area contributed by atoms with E-state index < -0.39 is 5.60 Å². The molecule has 0 saturated heterocycles. The number of nitrogens with one attached hydrogen (secondary N) is 2. The molecule has 23 heavy (non-hydrogen) atoms. The third-order valence-corrected chi connectivity index (χ3v) is 3.42. The van der Waals surface area contributed by atoms with Gasteiger partial charge in [0.15, 0.2) is 0 Å². The van der Waals surface area contributed by atoms with Crippen LogP contribution in [0.1, 0.15) is 65.5 Å². The Hall–Kier alpha value is -1.85.